The van der Waals surface area contributed by atoms with Crippen molar-refractivity contribution in [1.29, 1.82) is 0 Å². The Morgan fingerprint density at radius 3 is 3.06 bits per heavy atom. The van der Waals surface area contributed by atoms with Crippen molar-refractivity contribution >= 4 is 28.7 Å². The summed E-state index contributed by atoms with van der Waals surface area (Å²) in [6.07, 6.45) is 3.42. The molecule has 1 aromatic heterocycles. The van der Waals surface area contributed by atoms with Gasteiger partial charge in [-0.3, -0.25) is 9.69 Å². The summed E-state index contributed by atoms with van der Waals surface area (Å²) >= 11 is 7.71. The van der Waals surface area contributed by atoms with E-state index in [-0.39, 0.29) is 6.04 Å². The zero-order valence-corrected chi connectivity index (χ0v) is 10.8. The van der Waals surface area contributed by atoms with Gasteiger partial charge in [-0.1, -0.05) is 18.0 Å². The highest BCUT2D eigenvalue weighted by molar-refractivity contribution is 7.16. The Morgan fingerprint density at radius 2 is 2.25 bits per heavy atom. The van der Waals surface area contributed by atoms with Gasteiger partial charge in [-0.15, -0.1) is 11.3 Å². The number of halogens is 1. The molecule has 0 aromatic carbocycles. The smallest absolute Gasteiger partial charge is 0.181 e. The fourth-order valence-electron chi connectivity index (χ4n) is 2.80. The van der Waals surface area contributed by atoms with E-state index in [1.165, 1.54) is 17.7 Å². The molecule has 3 heterocycles. The second kappa shape index (κ2) is 3.83. The molecule has 0 unspecified atom stereocenters. The van der Waals surface area contributed by atoms with Crippen LogP contribution < -0.4 is 0 Å². The van der Waals surface area contributed by atoms with Gasteiger partial charge in [0, 0.05) is 17.0 Å². The third-order valence-corrected chi connectivity index (χ3v) is 5.25. The monoisotopic (exact) mass is 255 g/mol. The zero-order valence-electron chi connectivity index (χ0n) is 9.25. The van der Waals surface area contributed by atoms with Gasteiger partial charge in [-0.2, -0.15) is 0 Å². The van der Waals surface area contributed by atoms with E-state index in [4.69, 9.17) is 11.6 Å². The minimum atomic E-state index is 0.130. The predicted molar refractivity (Wildman–Crippen MR) is 66.4 cm³/mol. The topological polar surface area (TPSA) is 20.3 Å². The quantitative estimate of drug-likeness (QED) is 0.709. The number of fused-ring (bicyclic) bond motifs is 2. The normalized spacial score (nSPS) is 25.4. The third-order valence-electron chi connectivity index (χ3n) is 3.67. The Morgan fingerprint density at radius 1 is 1.44 bits per heavy atom. The number of hydrogen-bond acceptors (Lipinski definition) is 3. The lowest BCUT2D eigenvalue weighted by Gasteiger charge is -2.37. The average molecular weight is 256 g/mol. The van der Waals surface area contributed by atoms with Crippen molar-refractivity contribution in [2.45, 2.75) is 38.8 Å². The molecule has 1 fully saturated rings. The number of carbonyl (C=O) groups excluding carboxylic acids is 1. The standard InChI is InChI=1S/C12H14ClNOS/c1-7-10-9(16-12(7)13)6-14-5-3-2-4-8(14)11(10)15/h8H,2-6H2,1H3/t8-/m1/s1. The van der Waals surface area contributed by atoms with Crippen molar-refractivity contribution in [3.63, 3.8) is 0 Å². The molecule has 1 aromatic rings. The van der Waals surface area contributed by atoms with Crippen molar-refractivity contribution in [3.8, 4) is 0 Å². The van der Waals surface area contributed by atoms with Crippen LogP contribution in [0.3, 0.4) is 0 Å². The van der Waals surface area contributed by atoms with Gasteiger partial charge in [0.15, 0.2) is 5.78 Å². The van der Waals surface area contributed by atoms with Crippen molar-refractivity contribution in [2.75, 3.05) is 6.54 Å². The predicted octanol–water partition coefficient (Wildman–Crippen LogP) is 3.26. The van der Waals surface area contributed by atoms with Crippen molar-refractivity contribution in [1.82, 2.24) is 4.90 Å². The molecule has 0 amide bonds. The summed E-state index contributed by atoms with van der Waals surface area (Å²) in [5.41, 5.74) is 1.93. The Balaban J connectivity index is 2.07. The number of thiophene rings is 1. The molecular formula is C12H14ClNOS. The Kier molecular flexibility index (Phi) is 2.57. The molecule has 16 heavy (non-hydrogen) atoms. The van der Waals surface area contributed by atoms with E-state index in [1.807, 2.05) is 6.92 Å². The summed E-state index contributed by atoms with van der Waals surface area (Å²) in [6, 6.07) is 0.130. The second-order valence-corrected chi connectivity index (χ2v) is 6.35. The van der Waals surface area contributed by atoms with Gasteiger partial charge < -0.3 is 0 Å². The summed E-state index contributed by atoms with van der Waals surface area (Å²) in [5.74, 6) is 0.307. The van der Waals surface area contributed by atoms with Crippen LogP contribution in [0.25, 0.3) is 0 Å². The number of piperidine rings is 1. The van der Waals surface area contributed by atoms with Crippen molar-refractivity contribution in [2.24, 2.45) is 0 Å². The van der Waals surface area contributed by atoms with Crippen LogP contribution >= 0.6 is 22.9 Å². The van der Waals surface area contributed by atoms with Gasteiger partial charge in [-0.05, 0) is 31.9 Å². The molecule has 2 aliphatic heterocycles. The summed E-state index contributed by atoms with van der Waals surface area (Å²) in [7, 11) is 0. The van der Waals surface area contributed by atoms with Crippen LogP contribution in [0.2, 0.25) is 4.34 Å². The van der Waals surface area contributed by atoms with Crippen molar-refractivity contribution < 1.29 is 4.79 Å². The van der Waals surface area contributed by atoms with Gasteiger partial charge in [0.1, 0.15) is 0 Å². The second-order valence-electron chi connectivity index (χ2n) is 4.65. The van der Waals surface area contributed by atoms with Gasteiger partial charge in [0.2, 0.25) is 0 Å². The molecule has 2 aliphatic rings. The molecule has 3 rings (SSSR count). The lowest BCUT2D eigenvalue weighted by Crippen LogP contribution is -2.47. The van der Waals surface area contributed by atoms with Gasteiger partial charge in [0.25, 0.3) is 0 Å². The molecule has 1 saturated heterocycles. The fraction of sp³-hybridized carbons (Fsp3) is 0.583. The number of Topliss-reactive ketones (excluding diaryl/α,β-unsaturated/α-hetero) is 1. The summed E-state index contributed by atoms with van der Waals surface area (Å²) in [5, 5.41) is 0. The molecule has 0 saturated carbocycles. The third kappa shape index (κ3) is 1.45. The first kappa shape index (κ1) is 10.8. The Bertz CT molecular complexity index is 454. The molecule has 4 heteroatoms. The van der Waals surface area contributed by atoms with Crippen LogP contribution in [-0.4, -0.2) is 23.3 Å². The van der Waals surface area contributed by atoms with Crippen LogP contribution in [0.4, 0.5) is 0 Å². The highest BCUT2D eigenvalue weighted by Crippen LogP contribution is 2.39. The first-order valence-corrected chi connectivity index (χ1v) is 6.94. The maximum Gasteiger partial charge on any atom is 0.181 e. The number of hydrogen-bond donors (Lipinski definition) is 0. The van der Waals surface area contributed by atoms with E-state index in [2.05, 4.69) is 4.90 Å². The first-order chi connectivity index (χ1) is 7.68. The molecular weight excluding hydrogens is 242 g/mol. The minimum Gasteiger partial charge on any atom is -0.292 e. The van der Waals surface area contributed by atoms with Crippen LogP contribution in [0.5, 0.6) is 0 Å². The number of nitrogens with zero attached hydrogens (tertiary/aromatic N) is 1. The van der Waals surface area contributed by atoms with E-state index in [9.17, 15) is 4.79 Å². The number of rotatable bonds is 0. The van der Waals surface area contributed by atoms with Gasteiger partial charge in [-0.25, -0.2) is 0 Å². The van der Waals surface area contributed by atoms with Gasteiger partial charge >= 0.3 is 0 Å². The van der Waals surface area contributed by atoms with Crippen molar-refractivity contribution in [3.05, 3.63) is 20.3 Å². The summed E-state index contributed by atoms with van der Waals surface area (Å²) in [4.78, 5) is 15.9. The molecule has 0 aliphatic carbocycles. The SMILES string of the molecule is Cc1c(Cl)sc2c1C(=O)[C@H]1CCCCN1C2. The molecule has 0 radical (unpaired) electrons. The zero-order chi connectivity index (χ0) is 11.3. The summed E-state index contributed by atoms with van der Waals surface area (Å²) in [6.45, 7) is 3.95. The van der Waals surface area contributed by atoms with E-state index >= 15 is 0 Å². The van der Waals surface area contributed by atoms with Crippen LogP contribution in [0, 0.1) is 6.92 Å². The average Bonchev–Trinajstić information content (AvgIpc) is 2.55. The largest absolute Gasteiger partial charge is 0.292 e. The summed E-state index contributed by atoms with van der Waals surface area (Å²) < 4.78 is 0.790. The number of ketones is 1. The first-order valence-electron chi connectivity index (χ1n) is 5.74. The highest BCUT2D eigenvalue weighted by atomic mass is 35.5. The van der Waals surface area contributed by atoms with Crippen LogP contribution in [0.1, 0.15) is 40.1 Å². The minimum absolute atomic E-state index is 0.130. The van der Waals surface area contributed by atoms with E-state index in [1.54, 1.807) is 11.3 Å². The molecule has 0 N–H and O–H groups in total. The number of carbonyl (C=O) groups is 1. The molecule has 0 spiro atoms. The maximum absolute atomic E-state index is 12.4. The maximum atomic E-state index is 12.4. The van der Waals surface area contributed by atoms with Crippen LogP contribution in [-0.2, 0) is 6.54 Å². The van der Waals surface area contributed by atoms with Gasteiger partial charge in [0.05, 0.1) is 10.4 Å². The lowest BCUT2D eigenvalue weighted by atomic mass is 9.89. The Hall–Kier alpha value is -0.380. The highest BCUT2D eigenvalue weighted by Gasteiger charge is 2.37. The molecule has 1 atom stereocenters. The van der Waals surface area contributed by atoms with E-state index < -0.39 is 0 Å². The molecule has 0 bridgehead atoms. The fourth-order valence-corrected chi connectivity index (χ4v) is 4.24. The molecule has 2 nitrogen and oxygen atoms in total. The van der Waals surface area contributed by atoms with Crippen LogP contribution in [0.15, 0.2) is 0 Å². The van der Waals surface area contributed by atoms with E-state index in [0.29, 0.717) is 5.78 Å². The molecule has 86 valence electrons. The Labute approximate surface area is 104 Å². The van der Waals surface area contributed by atoms with E-state index in [0.717, 1.165) is 35.0 Å². The lowest BCUT2D eigenvalue weighted by molar-refractivity contribution is 0.0690.